The summed E-state index contributed by atoms with van der Waals surface area (Å²) in [6.45, 7) is -0.309. The molecular weight excluding hydrogens is 228 g/mol. The number of aliphatic hydroxyl groups excluding tert-OH is 2. The molecule has 2 aliphatic rings. The molecule has 0 heterocycles. The highest BCUT2D eigenvalue weighted by atomic mass is 16.5. The van der Waals surface area contributed by atoms with Crippen LogP contribution in [0, 0.1) is 5.41 Å². The summed E-state index contributed by atoms with van der Waals surface area (Å²) in [7, 11) is 1.31. The molecule has 0 aliphatic heterocycles. The maximum Gasteiger partial charge on any atom is 0.201 e. The Balaban J connectivity index is 2.52. The smallest absolute Gasteiger partial charge is 0.201 e. The number of hydrogen-bond acceptors (Lipinski definition) is 6. The van der Waals surface area contributed by atoms with Crippen molar-refractivity contribution in [3.8, 4) is 0 Å². The minimum Gasteiger partial charge on any atom is -0.508 e. The standard InChI is InChI=1S/C11H14O6/c1-17-5-11(16)7(13)2-3-10(11)4-6(12)8(14)9(10)15/h14-16H,2-5H2,1H3/t10-,11+/m1/s1. The molecule has 2 rings (SSSR count). The van der Waals surface area contributed by atoms with Gasteiger partial charge in [-0.15, -0.1) is 0 Å². The Labute approximate surface area is 97.5 Å². The van der Waals surface area contributed by atoms with Crippen LogP contribution in [0.5, 0.6) is 0 Å². The molecule has 0 amide bonds. The van der Waals surface area contributed by atoms with Crippen LogP contribution in [0.15, 0.2) is 11.5 Å². The van der Waals surface area contributed by atoms with Crippen molar-refractivity contribution in [3.63, 3.8) is 0 Å². The van der Waals surface area contributed by atoms with Gasteiger partial charge in [0.1, 0.15) is 5.76 Å². The van der Waals surface area contributed by atoms with Crippen molar-refractivity contribution in [2.75, 3.05) is 13.7 Å². The predicted octanol–water partition coefficient (Wildman–Crippen LogP) is 0.0136. The number of carbonyl (C=O) groups excluding carboxylic acids is 2. The van der Waals surface area contributed by atoms with Gasteiger partial charge in [0.15, 0.2) is 17.1 Å². The maximum absolute atomic E-state index is 11.7. The summed E-state index contributed by atoms with van der Waals surface area (Å²) in [4.78, 5) is 23.2. The van der Waals surface area contributed by atoms with Crippen LogP contribution in [-0.2, 0) is 14.3 Å². The molecule has 0 aromatic carbocycles. The number of Topliss-reactive ketones (excluding diaryl/α,β-unsaturated/α-hetero) is 2. The zero-order valence-electron chi connectivity index (χ0n) is 9.39. The molecular formula is C11H14O6. The van der Waals surface area contributed by atoms with Gasteiger partial charge in [0.2, 0.25) is 5.78 Å². The van der Waals surface area contributed by atoms with Gasteiger partial charge in [-0.05, 0) is 6.42 Å². The van der Waals surface area contributed by atoms with E-state index in [9.17, 15) is 24.9 Å². The van der Waals surface area contributed by atoms with Gasteiger partial charge in [-0.1, -0.05) is 0 Å². The third kappa shape index (κ3) is 1.28. The van der Waals surface area contributed by atoms with Crippen LogP contribution in [0.2, 0.25) is 0 Å². The quantitative estimate of drug-likeness (QED) is 0.630. The average Bonchev–Trinajstić information content (AvgIpc) is 2.65. The molecule has 1 fully saturated rings. The lowest BCUT2D eigenvalue weighted by molar-refractivity contribution is -0.153. The summed E-state index contributed by atoms with van der Waals surface area (Å²) >= 11 is 0. The number of aliphatic hydroxyl groups is 3. The third-order valence-electron chi connectivity index (χ3n) is 3.79. The molecule has 0 radical (unpaired) electrons. The van der Waals surface area contributed by atoms with E-state index >= 15 is 0 Å². The molecule has 2 atom stereocenters. The van der Waals surface area contributed by atoms with E-state index in [-0.39, 0.29) is 25.9 Å². The lowest BCUT2D eigenvalue weighted by Crippen LogP contribution is -2.52. The van der Waals surface area contributed by atoms with Gasteiger partial charge in [0.05, 0.1) is 12.0 Å². The number of ether oxygens (including phenoxy) is 1. The molecule has 0 bridgehead atoms. The summed E-state index contributed by atoms with van der Waals surface area (Å²) < 4.78 is 4.81. The van der Waals surface area contributed by atoms with Gasteiger partial charge in [-0.3, -0.25) is 9.59 Å². The first-order valence-electron chi connectivity index (χ1n) is 5.29. The molecule has 0 aromatic rings. The second kappa shape index (κ2) is 3.54. The van der Waals surface area contributed by atoms with E-state index in [1.807, 2.05) is 0 Å². The maximum atomic E-state index is 11.7. The molecule has 94 valence electrons. The van der Waals surface area contributed by atoms with Crippen LogP contribution in [0.3, 0.4) is 0 Å². The van der Waals surface area contributed by atoms with Gasteiger partial charge in [0.25, 0.3) is 0 Å². The van der Waals surface area contributed by atoms with Crippen LogP contribution >= 0.6 is 0 Å². The molecule has 6 heteroatoms. The van der Waals surface area contributed by atoms with Crippen molar-refractivity contribution in [1.82, 2.24) is 0 Å². The topological polar surface area (TPSA) is 104 Å². The first-order valence-corrected chi connectivity index (χ1v) is 5.29. The van der Waals surface area contributed by atoms with E-state index in [4.69, 9.17) is 4.74 Å². The predicted molar refractivity (Wildman–Crippen MR) is 55.4 cm³/mol. The lowest BCUT2D eigenvalue weighted by atomic mass is 9.72. The lowest BCUT2D eigenvalue weighted by Gasteiger charge is -2.36. The van der Waals surface area contributed by atoms with Crippen LogP contribution in [0.4, 0.5) is 0 Å². The first-order chi connectivity index (χ1) is 7.89. The summed E-state index contributed by atoms with van der Waals surface area (Å²) in [6, 6.07) is 0. The summed E-state index contributed by atoms with van der Waals surface area (Å²) in [5.41, 5.74) is -3.35. The van der Waals surface area contributed by atoms with Gasteiger partial charge >= 0.3 is 0 Å². The Morgan fingerprint density at radius 3 is 2.47 bits per heavy atom. The minimum atomic E-state index is -1.94. The average molecular weight is 242 g/mol. The normalized spacial score (nSPS) is 37.5. The number of rotatable bonds is 2. The number of ketones is 2. The van der Waals surface area contributed by atoms with Crippen molar-refractivity contribution < 1.29 is 29.6 Å². The largest absolute Gasteiger partial charge is 0.508 e. The van der Waals surface area contributed by atoms with Crippen molar-refractivity contribution in [2.24, 2.45) is 5.41 Å². The van der Waals surface area contributed by atoms with Crippen LogP contribution in [0.1, 0.15) is 19.3 Å². The van der Waals surface area contributed by atoms with E-state index in [0.717, 1.165) is 0 Å². The first kappa shape index (κ1) is 12.1. The fourth-order valence-corrected chi connectivity index (χ4v) is 2.78. The number of allylic oxidation sites excluding steroid dienone is 1. The molecule has 0 aromatic heterocycles. The molecule has 17 heavy (non-hydrogen) atoms. The number of methoxy groups -OCH3 is 1. The summed E-state index contributed by atoms with van der Waals surface area (Å²) in [5, 5.41) is 29.6. The van der Waals surface area contributed by atoms with Crippen LogP contribution in [-0.4, -0.2) is 46.2 Å². The minimum absolute atomic E-state index is 0.0461. The van der Waals surface area contributed by atoms with Crippen molar-refractivity contribution in [1.29, 1.82) is 0 Å². The monoisotopic (exact) mass is 242 g/mol. The molecule has 6 nitrogen and oxygen atoms in total. The summed E-state index contributed by atoms with van der Waals surface area (Å²) in [6.07, 6.45) is -0.0892. The van der Waals surface area contributed by atoms with E-state index in [0.29, 0.717) is 0 Å². The highest BCUT2D eigenvalue weighted by Gasteiger charge is 2.66. The van der Waals surface area contributed by atoms with E-state index in [1.54, 1.807) is 0 Å². The van der Waals surface area contributed by atoms with E-state index < -0.39 is 34.1 Å². The molecule has 1 spiro atoms. The number of carbonyl (C=O) groups is 2. The Kier molecular flexibility index (Phi) is 2.52. The second-order valence-electron chi connectivity index (χ2n) is 4.60. The summed E-state index contributed by atoms with van der Waals surface area (Å²) in [5.74, 6) is -2.48. The molecule has 0 saturated heterocycles. The molecule has 3 N–H and O–H groups in total. The zero-order chi connectivity index (χ0) is 12.8. The fourth-order valence-electron chi connectivity index (χ4n) is 2.78. The van der Waals surface area contributed by atoms with Crippen molar-refractivity contribution in [2.45, 2.75) is 24.9 Å². The Hall–Kier alpha value is -1.40. The third-order valence-corrected chi connectivity index (χ3v) is 3.79. The highest BCUT2D eigenvalue weighted by Crippen LogP contribution is 2.55. The highest BCUT2D eigenvalue weighted by molar-refractivity contribution is 6.01. The Morgan fingerprint density at radius 2 is 2.00 bits per heavy atom. The zero-order valence-corrected chi connectivity index (χ0v) is 9.39. The van der Waals surface area contributed by atoms with Crippen LogP contribution < -0.4 is 0 Å². The SMILES string of the molecule is COC[C@]1(O)C(=O)CC[C@]12CC(=O)C(O)=C2O. The second-order valence-corrected chi connectivity index (χ2v) is 4.60. The van der Waals surface area contributed by atoms with Crippen LogP contribution in [0.25, 0.3) is 0 Å². The molecule has 1 saturated carbocycles. The fraction of sp³-hybridized carbons (Fsp3) is 0.636. The number of hydrogen-bond donors (Lipinski definition) is 3. The van der Waals surface area contributed by atoms with Gasteiger partial charge in [-0.2, -0.15) is 0 Å². The van der Waals surface area contributed by atoms with Gasteiger partial charge in [-0.25, -0.2) is 0 Å². The molecule has 0 unspecified atom stereocenters. The van der Waals surface area contributed by atoms with Gasteiger partial charge in [0, 0.05) is 20.0 Å². The van der Waals surface area contributed by atoms with Crippen molar-refractivity contribution in [3.05, 3.63) is 11.5 Å². The Bertz CT molecular complexity index is 426. The Morgan fingerprint density at radius 1 is 1.35 bits per heavy atom. The van der Waals surface area contributed by atoms with Gasteiger partial charge < -0.3 is 20.1 Å². The van der Waals surface area contributed by atoms with E-state index in [2.05, 4.69) is 0 Å². The molecule has 2 aliphatic carbocycles. The van der Waals surface area contributed by atoms with E-state index in [1.165, 1.54) is 7.11 Å². The van der Waals surface area contributed by atoms with Crippen molar-refractivity contribution >= 4 is 11.6 Å².